The average molecular weight is 372 g/mol. The van der Waals surface area contributed by atoms with Gasteiger partial charge in [0, 0.05) is 16.8 Å². The first kappa shape index (κ1) is 17.8. The fourth-order valence-corrected chi connectivity index (χ4v) is 2.98. The molecular formula is C23H20N2O3. The number of aromatic nitrogens is 1. The largest absolute Gasteiger partial charge is 0.497 e. The van der Waals surface area contributed by atoms with Gasteiger partial charge in [-0.2, -0.15) is 0 Å². The molecule has 0 aliphatic rings. The van der Waals surface area contributed by atoms with Crippen molar-refractivity contribution in [3.63, 3.8) is 0 Å². The van der Waals surface area contributed by atoms with Gasteiger partial charge in [0.2, 0.25) is 5.89 Å². The van der Waals surface area contributed by atoms with Crippen LogP contribution in [-0.4, -0.2) is 18.0 Å². The molecular weight excluding hydrogens is 352 g/mol. The molecule has 5 heteroatoms. The van der Waals surface area contributed by atoms with Crippen LogP contribution in [0.5, 0.6) is 5.75 Å². The summed E-state index contributed by atoms with van der Waals surface area (Å²) in [5.41, 5.74) is 4.74. The summed E-state index contributed by atoms with van der Waals surface area (Å²) in [5, 5.41) is 2.89. The molecule has 1 amide bonds. The van der Waals surface area contributed by atoms with Crippen LogP contribution < -0.4 is 10.1 Å². The van der Waals surface area contributed by atoms with Crippen LogP contribution in [0.25, 0.3) is 22.6 Å². The van der Waals surface area contributed by atoms with Crippen molar-refractivity contribution in [2.24, 2.45) is 0 Å². The fraction of sp³-hybridized carbons (Fsp3) is 0.130. The van der Waals surface area contributed by atoms with Gasteiger partial charge in [-0.05, 0) is 60.5 Å². The molecule has 0 bridgehead atoms. The molecule has 0 radical (unpaired) electrons. The van der Waals surface area contributed by atoms with Crippen LogP contribution in [0, 0.1) is 0 Å². The van der Waals surface area contributed by atoms with Gasteiger partial charge in [0.05, 0.1) is 7.11 Å². The molecule has 1 N–H and O–H groups in total. The second-order valence-electron chi connectivity index (χ2n) is 6.44. The summed E-state index contributed by atoms with van der Waals surface area (Å²) >= 11 is 0. The number of carbonyl (C=O) groups is 1. The molecule has 0 aliphatic carbocycles. The van der Waals surface area contributed by atoms with E-state index in [2.05, 4.69) is 29.4 Å². The van der Waals surface area contributed by atoms with E-state index < -0.39 is 0 Å². The molecule has 4 rings (SSSR count). The van der Waals surface area contributed by atoms with E-state index in [9.17, 15) is 4.79 Å². The summed E-state index contributed by atoms with van der Waals surface area (Å²) in [4.78, 5) is 17.1. The molecule has 0 spiro atoms. The van der Waals surface area contributed by atoms with E-state index in [0.29, 0.717) is 34.0 Å². The maximum Gasteiger partial charge on any atom is 0.255 e. The molecule has 28 heavy (non-hydrogen) atoms. The fourth-order valence-electron chi connectivity index (χ4n) is 2.98. The van der Waals surface area contributed by atoms with E-state index in [1.165, 1.54) is 5.56 Å². The summed E-state index contributed by atoms with van der Waals surface area (Å²) < 4.78 is 11.0. The van der Waals surface area contributed by atoms with Gasteiger partial charge in [-0.15, -0.1) is 0 Å². The molecule has 1 aromatic heterocycles. The third kappa shape index (κ3) is 3.60. The Labute approximate surface area is 163 Å². The number of fused-ring (bicyclic) bond motifs is 1. The van der Waals surface area contributed by atoms with Crippen LogP contribution in [0.1, 0.15) is 22.8 Å². The smallest absolute Gasteiger partial charge is 0.255 e. The molecule has 4 aromatic rings. The normalized spacial score (nSPS) is 10.8. The van der Waals surface area contributed by atoms with Gasteiger partial charge >= 0.3 is 0 Å². The Bertz CT molecular complexity index is 1130. The highest BCUT2D eigenvalue weighted by atomic mass is 16.5. The number of carbonyl (C=O) groups excluding carboxylic acids is 1. The number of aryl methyl sites for hydroxylation is 1. The first-order chi connectivity index (χ1) is 13.7. The number of amides is 1. The summed E-state index contributed by atoms with van der Waals surface area (Å²) in [6.07, 6.45) is 0.990. The van der Waals surface area contributed by atoms with Gasteiger partial charge < -0.3 is 14.5 Å². The first-order valence-corrected chi connectivity index (χ1v) is 9.11. The van der Waals surface area contributed by atoms with Crippen molar-refractivity contribution in [2.45, 2.75) is 13.3 Å². The summed E-state index contributed by atoms with van der Waals surface area (Å²) in [7, 11) is 1.57. The van der Waals surface area contributed by atoms with Gasteiger partial charge in [0.15, 0.2) is 5.58 Å². The maximum absolute atomic E-state index is 12.5. The number of nitrogens with zero attached hydrogens (tertiary/aromatic N) is 1. The third-order valence-corrected chi connectivity index (χ3v) is 4.59. The molecule has 0 atom stereocenters. The Kier molecular flexibility index (Phi) is 4.81. The summed E-state index contributed by atoms with van der Waals surface area (Å²) in [6.45, 7) is 2.12. The van der Waals surface area contributed by atoms with Crippen molar-refractivity contribution in [3.8, 4) is 17.2 Å². The van der Waals surface area contributed by atoms with Gasteiger partial charge in [-0.3, -0.25) is 4.79 Å². The third-order valence-electron chi connectivity index (χ3n) is 4.59. The number of hydrogen-bond acceptors (Lipinski definition) is 4. The molecule has 0 saturated heterocycles. The number of ether oxygens (including phenoxy) is 1. The minimum atomic E-state index is -0.211. The van der Waals surface area contributed by atoms with E-state index in [4.69, 9.17) is 9.15 Å². The zero-order chi connectivity index (χ0) is 19.5. The van der Waals surface area contributed by atoms with Gasteiger partial charge in [0.25, 0.3) is 5.91 Å². The topological polar surface area (TPSA) is 64.4 Å². The lowest BCUT2D eigenvalue weighted by Gasteiger charge is -2.06. The molecule has 0 fully saturated rings. The molecule has 5 nitrogen and oxygen atoms in total. The Hall–Kier alpha value is -3.60. The Balaban J connectivity index is 1.58. The summed E-state index contributed by atoms with van der Waals surface area (Å²) in [5.74, 6) is 0.990. The van der Waals surface area contributed by atoms with E-state index in [-0.39, 0.29) is 5.91 Å². The molecule has 140 valence electrons. The Morgan fingerprint density at radius 1 is 1.07 bits per heavy atom. The lowest BCUT2D eigenvalue weighted by molar-refractivity contribution is 0.102. The molecule has 3 aromatic carbocycles. The number of nitrogens with one attached hydrogen (secondary N) is 1. The number of benzene rings is 3. The zero-order valence-electron chi connectivity index (χ0n) is 15.7. The Morgan fingerprint density at radius 2 is 1.89 bits per heavy atom. The van der Waals surface area contributed by atoms with E-state index >= 15 is 0 Å². The van der Waals surface area contributed by atoms with Crippen LogP contribution in [0.4, 0.5) is 5.69 Å². The molecule has 0 unspecified atom stereocenters. The second kappa shape index (κ2) is 7.56. The first-order valence-electron chi connectivity index (χ1n) is 9.11. The summed E-state index contributed by atoms with van der Waals surface area (Å²) in [6, 6.07) is 20.6. The van der Waals surface area contributed by atoms with Gasteiger partial charge in [-0.25, -0.2) is 4.98 Å². The number of anilines is 1. The van der Waals surface area contributed by atoms with E-state index in [1.807, 2.05) is 18.2 Å². The maximum atomic E-state index is 12.5. The second-order valence-corrected chi connectivity index (χ2v) is 6.44. The highest BCUT2D eigenvalue weighted by Crippen LogP contribution is 2.27. The highest BCUT2D eigenvalue weighted by molar-refractivity contribution is 6.05. The van der Waals surface area contributed by atoms with Crippen molar-refractivity contribution >= 4 is 22.7 Å². The number of rotatable bonds is 5. The zero-order valence-corrected chi connectivity index (χ0v) is 15.7. The highest BCUT2D eigenvalue weighted by Gasteiger charge is 2.11. The average Bonchev–Trinajstić information content (AvgIpc) is 3.17. The van der Waals surface area contributed by atoms with Crippen LogP contribution in [0.15, 0.2) is 71.1 Å². The predicted molar refractivity (Wildman–Crippen MR) is 110 cm³/mol. The lowest BCUT2D eigenvalue weighted by Crippen LogP contribution is -2.11. The molecule has 1 heterocycles. The number of hydrogen-bond donors (Lipinski definition) is 1. The predicted octanol–water partition coefficient (Wildman–Crippen LogP) is 5.32. The Morgan fingerprint density at radius 3 is 2.64 bits per heavy atom. The quantitative estimate of drug-likeness (QED) is 0.515. The van der Waals surface area contributed by atoms with Gasteiger partial charge in [0.1, 0.15) is 11.3 Å². The molecule has 0 aliphatic heterocycles. The van der Waals surface area contributed by atoms with Crippen molar-refractivity contribution in [1.82, 2.24) is 4.98 Å². The SMILES string of the molecule is CCc1ccc(-c2nc3cc(NC(=O)c4cccc(OC)c4)ccc3o2)cc1. The molecule has 0 saturated carbocycles. The monoisotopic (exact) mass is 372 g/mol. The van der Waals surface area contributed by atoms with E-state index in [0.717, 1.165) is 12.0 Å². The van der Waals surface area contributed by atoms with Crippen LogP contribution >= 0.6 is 0 Å². The van der Waals surface area contributed by atoms with Crippen molar-refractivity contribution in [3.05, 3.63) is 77.9 Å². The number of methoxy groups -OCH3 is 1. The van der Waals surface area contributed by atoms with Crippen LogP contribution in [0.2, 0.25) is 0 Å². The van der Waals surface area contributed by atoms with Gasteiger partial charge in [-0.1, -0.05) is 25.1 Å². The van der Waals surface area contributed by atoms with Crippen molar-refractivity contribution < 1.29 is 13.9 Å². The minimum absolute atomic E-state index is 0.211. The van der Waals surface area contributed by atoms with Crippen molar-refractivity contribution in [2.75, 3.05) is 12.4 Å². The standard InChI is InChI=1S/C23H20N2O3/c1-3-15-7-9-16(10-8-15)23-25-20-14-18(11-12-21(20)28-23)24-22(26)17-5-4-6-19(13-17)27-2/h4-14H,3H2,1-2H3,(H,24,26). The van der Waals surface area contributed by atoms with Crippen molar-refractivity contribution in [1.29, 1.82) is 0 Å². The number of oxazole rings is 1. The minimum Gasteiger partial charge on any atom is -0.497 e. The van der Waals surface area contributed by atoms with Crippen LogP contribution in [-0.2, 0) is 6.42 Å². The lowest BCUT2D eigenvalue weighted by atomic mass is 10.1. The van der Waals surface area contributed by atoms with Crippen LogP contribution in [0.3, 0.4) is 0 Å². The van der Waals surface area contributed by atoms with E-state index in [1.54, 1.807) is 43.5 Å².